The van der Waals surface area contributed by atoms with E-state index in [1.807, 2.05) is 0 Å². The summed E-state index contributed by atoms with van der Waals surface area (Å²) in [5, 5.41) is 4.93. The van der Waals surface area contributed by atoms with E-state index in [-0.39, 0.29) is 6.42 Å². The summed E-state index contributed by atoms with van der Waals surface area (Å²) in [6.07, 6.45) is -0.547. The number of ether oxygens (including phenoxy) is 2. The lowest BCUT2D eigenvalue weighted by molar-refractivity contribution is -0.127. The Labute approximate surface area is 134 Å². The minimum Gasteiger partial charge on any atom is -0.410 e. The van der Waals surface area contributed by atoms with Crippen molar-refractivity contribution in [1.29, 1.82) is 0 Å². The van der Waals surface area contributed by atoms with Crippen molar-refractivity contribution in [2.24, 2.45) is 5.73 Å². The van der Waals surface area contributed by atoms with Crippen molar-refractivity contribution in [2.45, 2.75) is 18.9 Å². The van der Waals surface area contributed by atoms with Gasteiger partial charge in [-0.05, 0) is 18.6 Å². The second-order valence-electron chi connectivity index (χ2n) is 4.71. The van der Waals surface area contributed by atoms with Crippen LogP contribution in [0.2, 0.25) is 0 Å². The van der Waals surface area contributed by atoms with Gasteiger partial charge in [0.05, 0.1) is 6.42 Å². The van der Waals surface area contributed by atoms with Gasteiger partial charge >= 0.3 is 6.09 Å². The molecule has 8 nitrogen and oxygen atoms in total. The van der Waals surface area contributed by atoms with E-state index in [0.29, 0.717) is 25.3 Å². The predicted molar refractivity (Wildman–Crippen MR) is 82.7 cm³/mol. The number of rotatable bonds is 9. The quantitative estimate of drug-likeness (QED) is 0.560. The van der Waals surface area contributed by atoms with E-state index in [9.17, 15) is 14.4 Å². The van der Waals surface area contributed by atoms with Crippen LogP contribution in [0.1, 0.15) is 12.8 Å². The van der Waals surface area contributed by atoms with E-state index < -0.39 is 23.9 Å². The third kappa shape index (κ3) is 7.82. The molecule has 0 spiro atoms. The van der Waals surface area contributed by atoms with Crippen molar-refractivity contribution in [3.63, 3.8) is 0 Å². The molecule has 0 heterocycles. The number of nitrogens with one attached hydrogen (secondary N) is 2. The SMILES string of the molecule is COCCCNC(=O)[C@@H](CC(N)=O)NC(=O)Oc1ccccc1. The molecule has 0 fully saturated rings. The number of hydrogen-bond donors (Lipinski definition) is 3. The molecule has 0 saturated heterocycles. The highest BCUT2D eigenvalue weighted by molar-refractivity contribution is 5.90. The Hall–Kier alpha value is -2.61. The van der Waals surface area contributed by atoms with Gasteiger partial charge in [0.1, 0.15) is 11.8 Å². The third-order valence-electron chi connectivity index (χ3n) is 2.79. The molecule has 0 aliphatic heterocycles. The first-order valence-corrected chi connectivity index (χ1v) is 7.11. The molecule has 1 atom stereocenters. The number of nitrogens with two attached hydrogens (primary N) is 1. The second kappa shape index (κ2) is 10.2. The van der Waals surface area contributed by atoms with Gasteiger partial charge in [-0.25, -0.2) is 4.79 Å². The summed E-state index contributed by atoms with van der Waals surface area (Å²) in [7, 11) is 1.55. The van der Waals surface area contributed by atoms with Crippen LogP contribution in [0, 0.1) is 0 Å². The number of amides is 3. The molecular weight excluding hydrogens is 302 g/mol. The van der Waals surface area contributed by atoms with Gasteiger partial charge in [0.2, 0.25) is 11.8 Å². The highest BCUT2D eigenvalue weighted by Crippen LogP contribution is 2.08. The Morgan fingerprint density at radius 1 is 1.22 bits per heavy atom. The largest absolute Gasteiger partial charge is 0.413 e. The highest BCUT2D eigenvalue weighted by atomic mass is 16.6. The molecule has 0 bridgehead atoms. The van der Waals surface area contributed by atoms with Crippen LogP contribution < -0.4 is 21.1 Å². The molecule has 0 saturated carbocycles. The number of benzene rings is 1. The van der Waals surface area contributed by atoms with Crippen LogP contribution in [0.3, 0.4) is 0 Å². The summed E-state index contributed by atoms with van der Waals surface area (Å²) in [5.41, 5.74) is 5.10. The highest BCUT2D eigenvalue weighted by Gasteiger charge is 2.23. The van der Waals surface area contributed by atoms with Gasteiger partial charge in [0.15, 0.2) is 0 Å². The maximum Gasteiger partial charge on any atom is 0.413 e. The molecule has 23 heavy (non-hydrogen) atoms. The van der Waals surface area contributed by atoms with E-state index in [1.54, 1.807) is 37.4 Å². The summed E-state index contributed by atoms with van der Waals surface area (Å²) in [5.74, 6) is -0.893. The monoisotopic (exact) mass is 323 g/mol. The van der Waals surface area contributed by atoms with Crippen LogP contribution in [-0.4, -0.2) is 44.2 Å². The van der Waals surface area contributed by atoms with Gasteiger partial charge in [-0.1, -0.05) is 18.2 Å². The number of primary amides is 1. The zero-order valence-electron chi connectivity index (χ0n) is 12.9. The number of para-hydroxylation sites is 1. The lowest BCUT2D eigenvalue weighted by atomic mass is 10.2. The molecular formula is C15H21N3O5. The standard InChI is InChI=1S/C15H21N3O5/c1-22-9-5-8-17-14(20)12(10-13(16)19)18-15(21)23-11-6-3-2-4-7-11/h2-4,6-7,12H,5,8-10H2,1H3,(H2,16,19)(H,17,20)(H,18,21)/t12-/m1/s1. The Morgan fingerprint density at radius 3 is 2.52 bits per heavy atom. The van der Waals surface area contributed by atoms with Crippen molar-refractivity contribution in [2.75, 3.05) is 20.3 Å². The van der Waals surface area contributed by atoms with Crippen molar-refractivity contribution < 1.29 is 23.9 Å². The van der Waals surface area contributed by atoms with E-state index in [4.69, 9.17) is 15.2 Å². The van der Waals surface area contributed by atoms with Crippen molar-refractivity contribution in [3.8, 4) is 5.75 Å². The summed E-state index contributed by atoms with van der Waals surface area (Å²) >= 11 is 0. The van der Waals surface area contributed by atoms with Crippen LogP contribution in [0.25, 0.3) is 0 Å². The molecule has 1 rings (SSSR count). The van der Waals surface area contributed by atoms with Crippen LogP contribution in [0.15, 0.2) is 30.3 Å². The first-order valence-electron chi connectivity index (χ1n) is 7.11. The molecule has 0 aromatic heterocycles. The summed E-state index contributed by atoms with van der Waals surface area (Å²) in [6.45, 7) is 0.849. The summed E-state index contributed by atoms with van der Waals surface area (Å²) in [4.78, 5) is 34.9. The topological polar surface area (TPSA) is 120 Å². The zero-order chi connectivity index (χ0) is 17.1. The Bertz CT molecular complexity index is 521. The van der Waals surface area contributed by atoms with Gasteiger partial charge in [0, 0.05) is 20.3 Å². The van der Waals surface area contributed by atoms with Crippen LogP contribution in [0.5, 0.6) is 5.75 Å². The molecule has 4 N–H and O–H groups in total. The summed E-state index contributed by atoms with van der Waals surface area (Å²) < 4.78 is 9.88. The average molecular weight is 323 g/mol. The van der Waals surface area contributed by atoms with E-state index in [2.05, 4.69) is 10.6 Å². The Balaban J connectivity index is 2.54. The zero-order valence-corrected chi connectivity index (χ0v) is 12.9. The van der Waals surface area contributed by atoms with Crippen molar-refractivity contribution in [3.05, 3.63) is 30.3 Å². The van der Waals surface area contributed by atoms with Gasteiger partial charge < -0.3 is 25.8 Å². The number of methoxy groups -OCH3 is 1. The van der Waals surface area contributed by atoms with Crippen LogP contribution in [0.4, 0.5) is 4.79 Å². The molecule has 126 valence electrons. The maximum absolute atomic E-state index is 12.0. The fourth-order valence-corrected chi connectivity index (χ4v) is 1.73. The van der Waals surface area contributed by atoms with Gasteiger partial charge in [-0.3, -0.25) is 9.59 Å². The molecule has 1 aromatic rings. The third-order valence-corrected chi connectivity index (χ3v) is 2.79. The molecule has 0 aliphatic carbocycles. The minimum absolute atomic E-state index is 0.319. The van der Waals surface area contributed by atoms with Gasteiger partial charge in [0.25, 0.3) is 0 Å². The molecule has 0 radical (unpaired) electrons. The molecule has 8 heteroatoms. The first kappa shape index (κ1) is 18.4. The fraction of sp³-hybridized carbons (Fsp3) is 0.400. The maximum atomic E-state index is 12.0. The van der Waals surface area contributed by atoms with Gasteiger partial charge in [-0.2, -0.15) is 0 Å². The summed E-state index contributed by atoms with van der Waals surface area (Å²) in [6, 6.07) is 7.26. The van der Waals surface area contributed by atoms with E-state index in [0.717, 1.165) is 0 Å². The normalized spacial score (nSPS) is 11.3. The lowest BCUT2D eigenvalue weighted by Crippen LogP contribution is -2.49. The minimum atomic E-state index is -1.09. The Kier molecular flexibility index (Phi) is 8.16. The lowest BCUT2D eigenvalue weighted by Gasteiger charge is -2.17. The van der Waals surface area contributed by atoms with Crippen molar-refractivity contribution in [1.82, 2.24) is 10.6 Å². The van der Waals surface area contributed by atoms with Gasteiger partial charge in [-0.15, -0.1) is 0 Å². The second-order valence-corrected chi connectivity index (χ2v) is 4.71. The molecule has 0 aliphatic rings. The number of hydrogen-bond acceptors (Lipinski definition) is 5. The number of carbonyl (C=O) groups excluding carboxylic acids is 3. The van der Waals surface area contributed by atoms with Crippen LogP contribution in [-0.2, 0) is 14.3 Å². The average Bonchev–Trinajstić information content (AvgIpc) is 2.51. The Morgan fingerprint density at radius 2 is 1.91 bits per heavy atom. The fourth-order valence-electron chi connectivity index (χ4n) is 1.73. The van der Waals surface area contributed by atoms with Crippen LogP contribution >= 0.6 is 0 Å². The smallest absolute Gasteiger partial charge is 0.410 e. The molecule has 0 unspecified atom stereocenters. The first-order chi connectivity index (χ1) is 11.0. The van der Waals surface area contributed by atoms with Crippen molar-refractivity contribution >= 4 is 17.9 Å². The molecule has 1 aromatic carbocycles. The van der Waals surface area contributed by atoms with E-state index in [1.165, 1.54) is 0 Å². The molecule has 3 amide bonds. The number of carbonyl (C=O) groups is 3. The predicted octanol–water partition coefficient (Wildman–Crippen LogP) is 0.172. The van der Waals surface area contributed by atoms with E-state index >= 15 is 0 Å².